The molecule has 0 radical (unpaired) electrons. The van der Waals surface area contributed by atoms with Crippen molar-refractivity contribution in [2.24, 2.45) is 0 Å². The Morgan fingerprint density at radius 2 is 2.10 bits per heavy atom. The first-order valence-corrected chi connectivity index (χ1v) is 6.75. The number of benzene rings is 1. The number of hydrogen-bond donors (Lipinski definition) is 0. The van der Waals surface area contributed by atoms with Crippen LogP contribution >= 0.6 is 0 Å². The van der Waals surface area contributed by atoms with Crippen molar-refractivity contribution in [1.82, 2.24) is 14.7 Å². The van der Waals surface area contributed by atoms with Crippen molar-refractivity contribution in [3.63, 3.8) is 0 Å². The van der Waals surface area contributed by atoms with Gasteiger partial charge in [-0.15, -0.1) is 5.10 Å². The third-order valence-corrected chi connectivity index (χ3v) is 3.48. The van der Waals surface area contributed by atoms with E-state index in [1.54, 1.807) is 12.1 Å². The molecule has 1 fully saturated rings. The van der Waals surface area contributed by atoms with E-state index >= 15 is 0 Å². The maximum atomic E-state index is 12.9. The number of nitrogens with zero attached hydrogens (tertiary/aromatic N) is 3. The molecule has 0 atom stereocenters. The molecule has 5 nitrogen and oxygen atoms in total. The van der Waals surface area contributed by atoms with Gasteiger partial charge >= 0.3 is 5.76 Å². The largest absolute Gasteiger partial charge is 0.438 e. The molecular formula is C14H16FN3O2. The van der Waals surface area contributed by atoms with Crippen LogP contribution in [0.2, 0.25) is 0 Å². The van der Waals surface area contributed by atoms with Gasteiger partial charge in [0.25, 0.3) is 0 Å². The SMILES string of the molecule is CCN(Cn1nc(-c2ccc(F)cc2)oc1=O)C1CC1. The Hall–Kier alpha value is -1.95. The summed E-state index contributed by atoms with van der Waals surface area (Å²) in [5.74, 6) is -0.591. The summed E-state index contributed by atoms with van der Waals surface area (Å²) >= 11 is 0. The fourth-order valence-corrected chi connectivity index (χ4v) is 2.19. The topological polar surface area (TPSA) is 51.3 Å². The van der Waals surface area contributed by atoms with Crippen molar-refractivity contribution in [3.05, 3.63) is 40.6 Å². The van der Waals surface area contributed by atoms with Crippen LogP contribution in [0.25, 0.3) is 11.5 Å². The van der Waals surface area contributed by atoms with Gasteiger partial charge in [-0.3, -0.25) is 4.90 Å². The highest BCUT2D eigenvalue weighted by Crippen LogP contribution is 2.26. The fourth-order valence-electron chi connectivity index (χ4n) is 2.19. The maximum Gasteiger partial charge on any atom is 0.438 e. The van der Waals surface area contributed by atoms with E-state index in [-0.39, 0.29) is 11.7 Å². The number of halogens is 1. The molecule has 0 saturated heterocycles. The van der Waals surface area contributed by atoms with Crippen LogP contribution in [-0.4, -0.2) is 27.3 Å². The van der Waals surface area contributed by atoms with Gasteiger partial charge < -0.3 is 4.42 Å². The van der Waals surface area contributed by atoms with Crippen molar-refractivity contribution in [2.45, 2.75) is 32.5 Å². The Labute approximate surface area is 115 Å². The zero-order chi connectivity index (χ0) is 14.1. The molecule has 20 heavy (non-hydrogen) atoms. The minimum absolute atomic E-state index is 0.224. The van der Waals surface area contributed by atoms with Crippen molar-refractivity contribution in [3.8, 4) is 11.5 Å². The van der Waals surface area contributed by atoms with Gasteiger partial charge in [-0.1, -0.05) is 6.92 Å². The quantitative estimate of drug-likeness (QED) is 0.839. The van der Waals surface area contributed by atoms with E-state index in [1.807, 2.05) is 0 Å². The van der Waals surface area contributed by atoms with Crippen LogP contribution in [0.5, 0.6) is 0 Å². The second-order valence-electron chi connectivity index (χ2n) is 4.96. The van der Waals surface area contributed by atoms with E-state index in [0.717, 1.165) is 6.54 Å². The lowest BCUT2D eigenvalue weighted by Gasteiger charge is -2.17. The monoisotopic (exact) mass is 277 g/mol. The smallest absolute Gasteiger partial charge is 0.388 e. The third kappa shape index (κ3) is 2.65. The summed E-state index contributed by atoms with van der Waals surface area (Å²) in [5, 5.41) is 4.18. The zero-order valence-corrected chi connectivity index (χ0v) is 11.3. The van der Waals surface area contributed by atoms with Crippen LogP contribution in [0.15, 0.2) is 33.5 Å². The molecule has 0 unspecified atom stereocenters. The molecule has 6 heteroatoms. The molecule has 1 saturated carbocycles. The standard InChI is InChI=1S/C14H16FN3O2/c1-2-17(12-7-8-12)9-18-14(19)20-13(16-18)10-3-5-11(15)6-4-10/h3-6,12H,2,7-9H2,1H3. The number of hydrogen-bond acceptors (Lipinski definition) is 4. The Kier molecular flexibility index (Phi) is 3.40. The van der Waals surface area contributed by atoms with Crippen LogP contribution in [0.4, 0.5) is 4.39 Å². The maximum absolute atomic E-state index is 12.9. The number of rotatable bonds is 5. The van der Waals surface area contributed by atoms with Gasteiger partial charge in [0.05, 0.1) is 0 Å². The molecule has 2 aromatic rings. The second kappa shape index (κ2) is 5.20. The van der Waals surface area contributed by atoms with Gasteiger partial charge in [-0.25, -0.2) is 9.18 Å². The van der Waals surface area contributed by atoms with Crippen LogP contribution in [0, 0.1) is 5.82 Å². The average molecular weight is 277 g/mol. The minimum atomic E-state index is -0.483. The average Bonchev–Trinajstić information content (AvgIpc) is 3.22. The van der Waals surface area contributed by atoms with Crippen LogP contribution in [0.1, 0.15) is 19.8 Å². The van der Waals surface area contributed by atoms with Crippen LogP contribution < -0.4 is 5.76 Å². The fraction of sp³-hybridized carbons (Fsp3) is 0.429. The third-order valence-electron chi connectivity index (χ3n) is 3.48. The summed E-state index contributed by atoms with van der Waals surface area (Å²) in [7, 11) is 0. The molecule has 1 heterocycles. The zero-order valence-electron chi connectivity index (χ0n) is 11.3. The minimum Gasteiger partial charge on any atom is -0.388 e. The van der Waals surface area contributed by atoms with E-state index < -0.39 is 5.76 Å². The van der Waals surface area contributed by atoms with Gasteiger partial charge in [0.15, 0.2) is 0 Å². The molecule has 0 N–H and O–H groups in total. The van der Waals surface area contributed by atoms with Crippen molar-refractivity contribution in [1.29, 1.82) is 0 Å². The molecule has 1 aliphatic carbocycles. The molecule has 0 bridgehead atoms. The van der Waals surface area contributed by atoms with E-state index in [2.05, 4.69) is 16.9 Å². The Balaban J connectivity index is 1.83. The summed E-state index contributed by atoms with van der Waals surface area (Å²) in [5.41, 5.74) is 0.594. The first kappa shape index (κ1) is 13.1. The van der Waals surface area contributed by atoms with E-state index in [4.69, 9.17) is 4.42 Å². The van der Waals surface area contributed by atoms with E-state index in [9.17, 15) is 9.18 Å². The second-order valence-corrected chi connectivity index (χ2v) is 4.96. The summed E-state index contributed by atoms with van der Waals surface area (Å²) in [6.07, 6.45) is 2.34. The lowest BCUT2D eigenvalue weighted by Crippen LogP contribution is -2.32. The highest BCUT2D eigenvalue weighted by Gasteiger charge is 2.28. The molecular weight excluding hydrogens is 261 g/mol. The molecule has 0 amide bonds. The highest BCUT2D eigenvalue weighted by atomic mass is 19.1. The number of aromatic nitrogens is 2. The Morgan fingerprint density at radius 3 is 2.70 bits per heavy atom. The summed E-state index contributed by atoms with van der Waals surface area (Å²) in [4.78, 5) is 14.0. The van der Waals surface area contributed by atoms with Crippen molar-refractivity contribution >= 4 is 0 Å². The Bertz CT molecular complexity index is 643. The van der Waals surface area contributed by atoms with E-state index in [0.29, 0.717) is 18.3 Å². The highest BCUT2D eigenvalue weighted by molar-refractivity contribution is 5.51. The molecule has 0 spiro atoms. The molecule has 0 aliphatic heterocycles. The van der Waals surface area contributed by atoms with Gasteiger partial charge in [-0.2, -0.15) is 4.68 Å². The molecule has 1 aromatic heterocycles. The summed E-state index contributed by atoms with van der Waals surface area (Å²) < 4.78 is 19.3. The Morgan fingerprint density at radius 1 is 1.40 bits per heavy atom. The van der Waals surface area contributed by atoms with Crippen molar-refractivity contribution < 1.29 is 8.81 Å². The molecule has 1 aromatic carbocycles. The predicted octanol–water partition coefficient (Wildman–Crippen LogP) is 2.08. The van der Waals surface area contributed by atoms with E-state index in [1.165, 1.54) is 29.7 Å². The first-order valence-electron chi connectivity index (χ1n) is 6.75. The van der Waals surface area contributed by atoms with Gasteiger partial charge in [0, 0.05) is 11.6 Å². The van der Waals surface area contributed by atoms with Crippen LogP contribution in [0.3, 0.4) is 0 Å². The first-order chi connectivity index (χ1) is 9.67. The van der Waals surface area contributed by atoms with Gasteiger partial charge in [0.1, 0.15) is 12.5 Å². The van der Waals surface area contributed by atoms with Gasteiger partial charge in [0.2, 0.25) is 5.89 Å². The summed E-state index contributed by atoms with van der Waals surface area (Å²) in [6, 6.07) is 6.28. The lowest BCUT2D eigenvalue weighted by molar-refractivity contribution is 0.200. The van der Waals surface area contributed by atoms with Gasteiger partial charge in [-0.05, 0) is 43.7 Å². The summed E-state index contributed by atoms with van der Waals surface area (Å²) in [6.45, 7) is 3.37. The molecule has 106 valence electrons. The molecule has 3 rings (SSSR count). The molecule has 1 aliphatic rings. The normalized spacial score (nSPS) is 14.9. The van der Waals surface area contributed by atoms with Crippen LogP contribution in [-0.2, 0) is 6.67 Å². The predicted molar refractivity (Wildman–Crippen MR) is 71.6 cm³/mol. The van der Waals surface area contributed by atoms with Crippen molar-refractivity contribution in [2.75, 3.05) is 6.54 Å². The lowest BCUT2D eigenvalue weighted by atomic mass is 10.2.